The first-order valence-electron chi connectivity index (χ1n) is 10.1. The fourth-order valence-corrected chi connectivity index (χ4v) is 3.27. The van der Waals surface area contributed by atoms with E-state index in [1.54, 1.807) is 19.5 Å². The van der Waals surface area contributed by atoms with Crippen LogP contribution in [-0.2, 0) is 13.2 Å². The van der Waals surface area contributed by atoms with Crippen molar-refractivity contribution in [2.24, 2.45) is 0 Å². The molecule has 30 heavy (non-hydrogen) atoms. The van der Waals surface area contributed by atoms with Gasteiger partial charge in [-0.05, 0) is 23.3 Å². The van der Waals surface area contributed by atoms with E-state index in [0.717, 1.165) is 43.1 Å². The monoisotopic (exact) mass is 406 g/mol. The molecule has 156 valence electrons. The van der Waals surface area contributed by atoms with Gasteiger partial charge in [-0.2, -0.15) is 4.98 Å². The molecular weight excluding hydrogens is 380 g/mol. The van der Waals surface area contributed by atoms with Gasteiger partial charge in [0.2, 0.25) is 5.88 Å². The maximum Gasteiger partial charge on any atom is 0.234 e. The minimum Gasteiger partial charge on any atom is -0.493 e. The van der Waals surface area contributed by atoms with Gasteiger partial charge in [0.1, 0.15) is 13.2 Å². The summed E-state index contributed by atoms with van der Waals surface area (Å²) in [7, 11) is 1.64. The van der Waals surface area contributed by atoms with Crippen molar-refractivity contribution in [3.8, 4) is 17.4 Å². The molecule has 1 aromatic heterocycles. The second-order valence-electron chi connectivity index (χ2n) is 7.00. The van der Waals surface area contributed by atoms with E-state index in [-0.39, 0.29) is 0 Å². The number of anilines is 1. The van der Waals surface area contributed by atoms with E-state index in [1.165, 1.54) is 0 Å². The summed E-state index contributed by atoms with van der Waals surface area (Å²) < 4.78 is 17.3. The van der Waals surface area contributed by atoms with Crippen molar-refractivity contribution in [3.05, 3.63) is 72.1 Å². The summed E-state index contributed by atoms with van der Waals surface area (Å²) in [5.74, 6) is 2.73. The van der Waals surface area contributed by atoms with Gasteiger partial charge in [0.05, 0.1) is 19.5 Å². The smallest absolute Gasteiger partial charge is 0.234 e. The molecule has 0 radical (unpaired) electrons. The summed E-state index contributed by atoms with van der Waals surface area (Å²) in [6.07, 6.45) is 3.42. The van der Waals surface area contributed by atoms with Crippen LogP contribution < -0.4 is 24.4 Å². The van der Waals surface area contributed by atoms with Gasteiger partial charge in [0.15, 0.2) is 17.3 Å². The molecule has 1 fully saturated rings. The Bertz CT molecular complexity index is 946. The number of methoxy groups -OCH3 is 1. The highest BCUT2D eigenvalue weighted by Crippen LogP contribution is 2.29. The molecule has 7 heteroatoms. The Labute approximate surface area is 176 Å². The summed E-state index contributed by atoms with van der Waals surface area (Å²) in [4.78, 5) is 11.1. The van der Waals surface area contributed by atoms with Crippen LogP contribution in [0.25, 0.3) is 0 Å². The Hall–Kier alpha value is -3.32. The van der Waals surface area contributed by atoms with Gasteiger partial charge in [-0.25, -0.2) is 0 Å². The van der Waals surface area contributed by atoms with E-state index < -0.39 is 0 Å². The Morgan fingerprint density at radius 3 is 2.50 bits per heavy atom. The molecule has 2 heterocycles. The van der Waals surface area contributed by atoms with Crippen LogP contribution in [-0.4, -0.2) is 43.3 Å². The maximum absolute atomic E-state index is 5.92. The Balaban J connectivity index is 1.37. The van der Waals surface area contributed by atoms with Gasteiger partial charge < -0.3 is 24.4 Å². The first-order chi connectivity index (χ1) is 14.8. The second kappa shape index (κ2) is 9.93. The van der Waals surface area contributed by atoms with Crippen LogP contribution in [0.2, 0.25) is 0 Å². The highest BCUT2D eigenvalue weighted by Gasteiger charge is 2.13. The largest absolute Gasteiger partial charge is 0.493 e. The van der Waals surface area contributed by atoms with Gasteiger partial charge in [-0.3, -0.25) is 4.98 Å². The molecule has 4 rings (SSSR count). The third-order valence-electron chi connectivity index (χ3n) is 4.89. The first-order valence-corrected chi connectivity index (χ1v) is 10.1. The van der Waals surface area contributed by atoms with Crippen molar-refractivity contribution >= 4 is 5.82 Å². The van der Waals surface area contributed by atoms with E-state index in [2.05, 4.69) is 20.2 Å². The van der Waals surface area contributed by atoms with Gasteiger partial charge in [0.25, 0.3) is 0 Å². The van der Waals surface area contributed by atoms with E-state index >= 15 is 0 Å². The molecule has 0 amide bonds. The van der Waals surface area contributed by atoms with Gasteiger partial charge in [-0.15, -0.1) is 0 Å². The minimum absolute atomic E-state index is 0.370. The van der Waals surface area contributed by atoms with Gasteiger partial charge in [0, 0.05) is 26.2 Å². The van der Waals surface area contributed by atoms with Crippen molar-refractivity contribution in [3.63, 3.8) is 0 Å². The average Bonchev–Trinajstić information content (AvgIpc) is 2.83. The summed E-state index contributed by atoms with van der Waals surface area (Å²) in [6, 6.07) is 15.8. The van der Waals surface area contributed by atoms with Crippen LogP contribution in [0.3, 0.4) is 0 Å². The molecule has 2 aromatic carbocycles. The molecular formula is C23H26N4O3. The number of ether oxygens (including phenoxy) is 3. The fourth-order valence-electron chi connectivity index (χ4n) is 3.27. The molecule has 0 bridgehead atoms. The Kier molecular flexibility index (Phi) is 6.61. The maximum atomic E-state index is 5.92. The normalized spacial score (nSPS) is 13.7. The van der Waals surface area contributed by atoms with Crippen LogP contribution in [0.15, 0.2) is 60.9 Å². The van der Waals surface area contributed by atoms with Crippen LogP contribution in [0.5, 0.6) is 17.4 Å². The molecule has 0 saturated carbocycles. The van der Waals surface area contributed by atoms with E-state index in [4.69, 9.17) is 14.2 Å². The number of piperazine rings is 1. The van der Waals surface area contributed by atoms with Crippen molar-refractivity contribution < 1.29 is 14.2 Å². The van der Waals surface area contributed by atoms with Crippen molar-refractivity contribution in [1.29, 1.82) is 0 Å². The Morgan fingerprint density at radius 2 is 1.70 bits per heavy atom. The summed E-state index contributed by atoms with van der Waals surface area (Å²) in [6.45, 7) is 4.59. The summed E-state index contributed by atoms with van der Waals surface area (Å²) in [5.41, 5.74) is 2.07. The number of nitrogens with zero attached hydrogens (tertiary/aromatic N) is 3. The molecule has 7 nitrogen and oxygen atoms in total. The number of nitrogens with one attached hydrogen (secondary N) is 1. The number of hydrogen-bond donors (Lipinski definition) is 1. The molecule has 0 aliphatic carbocycles. The van der Waals surface area contributed by atoms with Crippen molar-refractivity contribution in [1.82, 2.24) is 15.3 Å². The zero-order valence-electron chi connectivity index (χ0n) is 17.1. The quantitative estimate of drug-likeness (QED) is 0.617. The van der Waals surface area contributed by atoms with Gasteiger partial charge >= 0.3 is 0 Å². The first kappa shape index (κ1) is 20.0. The lowest BCUT2D eigenvalue weighted by Gasteiger charge is -2.28. The molecule has 1 N–H and O–H groups in total. The zero-order chi connectivity index (χ0) is 20.6. The number of rotatable bonds is 8. The fraction of sp³-hybridized carbons (Fsp3) is 0.304. The van der Waals surface area contributed by atoms with E-state index in [9.17, 15) is 0 Å². The third-order valence-corrected chi connectivity index (χ3v) is 4.89. The highest BCUT2D eigenvalue weighted by molar-refractivity contribution is 5.43. The summed E-state index contributed by atoms with van der Waals surface area (Å²) in [5, 5.41) is 3.34. The SMILES string of the molecule is COc1cc(COc2cncc(N3CCNCC3)n2)ccc1OCc1ccccc1. The van der Waals surface area contributed by atoms with Crippen molar-refractivity contribution in [2.75, 3.05) is 38.2 Å². The predicted octanol–water partition coefficient (Wildman–Crippen LogP) is 3.05. The van der Waals surface area contributed by atoms with E-state index in [0.29, 0.717) is 30.6 Å². The molecule has 0 spiro atoms. The van der Waals surface area contributed by atoms with Crippen LogP contribution in [0.1, 0.15) is 11.1 Å². The lowest BCUT2D eigenvalue weighted by molar-refractivity contribution is 0.279. The molecule has 0 unspecified atom stereocenters. The summed E-state index contributed by atoms with van der Waals surface area (Å²) >= 11 is 0. The van der Waals surface area contributed by atoms with Crippen LogP contribution >= 0.6 is 0 Å². The molecule has 0 atom stereocenters. The minimum atomic E-state index is 0.370. The molecule has 3 aromatic rings. The molecule has 1 aliphatic rings. The predicted molar refractivity (Wildman–Crippen MR) is 115 cm³/mol. The lowest BCUT2D eigenvalue weighted by Crippen LogP contribution is -2.43. The van der Waals surface area contributed by atoms with Crippen LogP contribution in [0.4, 0.5) is 5.82 Å². The Morgan fingerprint density at radius 1 is 0.900 bits per heavy atom. The lowest BCUT2D eigenvalue weighted by atomic mass is 10.2. The number of benzene rings is 2. The molecule has 1 aliphatic heterocycles. The highest BCUT2D eigenvalue weighted by atomic mass is 16.5. The standard InChI is InChI=1S/C23H26N4O3/c1-28-21-13-19(7-8-20(21)29-16-18-5-3-2-4-6-18)17-30-23-15-25-14-22(26-23)27-11-9-24-10-12-27/h2-8,13-15,24H,9-12,16-17H2,1H3. The zero-order valence-corrected chi connectivity index (χ0v) is 17.1. The van der Waals surface area contributed by atoms with E-state index in [1.807, 2.05) is 48.5 Å². The topological polar surface area (TPSA) is 68.7 Å². The average molecular weight is 406 g/mol. The number of hydrogen-bond acceptors (Lipinski definition) is 7. The van der Waals surface area contributed by atoms with Gasteiger partial charge in [-0.1, -0.05) is 36.4 Å². The number of aromatic nitrogens is 2. The van der Waals surface area contributed by atoms with Crippen LogP contribution in [0, 0.1) is 0 Å². The second-order valence-corrected chi connectivity index (χ2v) is 7.00. The third kappa shape index (κ3) is 5.18. The molecule has 1 saturated heterocycles. The van der Waals surface area contributed by atoms with Crippen molar-refractivity contribution in [2.45, 2.75) is 13.2 Å².